The molecule has 0 radical (unpaired) electrons. The van der Waals surface area contributed by atoms with Crippen LogP contribution in [0.4, 0.5) is 0 Å². The molecular weight excluding hydrogens is 236 g/mol. The number of carboxylic acids is 1. The summed E-state index contributed by atoms with van der Waals surface area (Å²) in [5, 5.41) is 14.5. The van der Waals surface area contributed by atoms with Gasteiger partial charge in [-0.3, -0.25) is 4.79 Å². The number of hydrogen-bond donors (Lipinski definition) is 3. The predicted molar refractivity (Wildman–Crippen MR) is 68.4 cm³/mol. The number of nitrogens with one attached hydrogen (secondary N) is 2. The Morgan fingerprint density at radius 1 is 1.33 bits per heavy atom. The van der Waals surface area contributed by atoms with Gasteiger partial charge in [0.25, 0.3) is 0 Å². The molecule has 1 atom stereocenters. The third-order valence-electron chi connectivity index (χ3n) is 2.25. The molecular formula is C12H24N2O4. The first-order chi connectivity index (χ1) is 8.26. The number of hydrogen-bond acceptors (Lipinski definition) is 4. The lowest BCUT2D eigenvalue weighted by molar-refractivity contribution is -0.142. The summed E-state index contributed by atoms with van der Waals surface area (Å²) in [7, 11) is 1.56. The van der Waals surface area contributed by atoms with E-state index in [0.717, 1.165) is 0 Å². The molecule has 0 aromatic rings. The number of carboxylic acid groups (broad SMARTS) is 1. The van der Waals surface area contributed by atoms with Gasteiger partial charge in [-0.05, 0) is 33.6 Å². The average Bonchev–Trinajstić information content (AvgIpc) is 2.24. The van der Waals surface area contributed by atoms with Crippen LogP contribution in [0.5, 0.6) is 0 Å². The summed E-state index contributed by atoms with van der Waals surface area (Å²) in [5.74, 6) is -1.33. The fourth-order valence-electron chi connectivity index (χ4n) is 1.28. The van der Waals surface area contributed by atoms with Crippen LogP contribution in [0.2, 0.25) is 0 Å². The van der Waals surface area contributed by atoms with Crippen molar-refractivity contribution >= 4 is 11.9 Å². The molecule has 0 bridgehead atoms. The Morgan fingerprint density at radius 2 is 1.94 bits per heavy atom. The fraction of sp³-hybridized carbons (Fsp3) is 0.833. The lowest BCUT2D eigenvalue weighted by Crippen LogP contribution is -2.48. The Hall–Kier alpha value is -1.14. The lowest BCUT2D eigenvalue weighted by Gasteiger charge is -2.21. The molecule has 3 N–H and O–H groups in total. The maximum atomic E-state index is 11.6. The molecule has 0 aromatic heterocycles. The van der Waals surface area contributed by atoms with E-state index in [1.165, 1.54) is 0 Å². The highest BCUT2D eigenvalue weighted by atomic mass is 16.5. The number of methoxy groups -OCH3 is 1. The van der Waals surface area contributed by atoms with Crippen molar-refractivity contribution in [2.24, 2.45) is 0 Å². The first-order valence-electron chi connectivity index (χ1n) is 6.02. The van der Waals surface area contributed by atoms with Crippen LogP contribution in [0.1, 0.15) is 33.6 Å². The molecule has 1 amide bonds. The second-order valence-electron chi connectivity index (χ2n) is 5.20. The third kappa shape index (κ3) is 8.95. The van der Waals surface area contributed by atoms with Gasteiger partial charge in [0.05, 0.1) is 6.54 Å². The molecule has 0 saturated heterocycles. The topological polar surface area (TPSA) is 87.7 Å². The summed E-state index contributed by atoms with van der Waals surface area (Å²) >= 11 is 0. The molecule has 0 fully saturated rings. The zero-order valence-corrected chi connectivity index (χ0v) is 11.6. The van der Waals surface area contributed by atoms with Crippen LogP contribution < -0.4 is 10.6 Å². The summed E-state index contributed by atoms with van der Waals surface area (Å²) in [4.78, 5) is 22.5. The standard InChI is InChI=1S/C12H24N2O4/c1-12(2,3)13-8-10(15)14-9(11(16)17)6-5-7-18-4/h9,13H,5-8H2,1-4H3,(H,14,15)(H,16,17). The van der Waals surface area contributed by atoms with E-state index in [2.05, 4.69) is 10.6 Å². The number of amides is 1. The molecule has 0 aliphatic carbocycles. The number of ether oxygens (including phenoxy) is 1. The van der Waals surface area contributed by atoms with Gasteiger partial charge in [-0.25, -0.2) is 4.79 Å². The zero-order chi connectivity index (χ0) is 14.2. The quantitative estimate of drug-likeness (QED) is 0.549. The van der Waals surface area contributed by atoms with Crippen LogP contribution in [0.3, 0.4) is 0 Å². The first-order valence-corrected chi connectivity index (χ1v) is 6.02. The fourth-order valence-corrected chi connectivity index (χ4v) is 1.28. The predicted octanol–water partition coefficient (Wildman–Crippen LogP) is 0.371. The second kappa shape index (κ2) is 8.05. The van der Waals surface area contributed by atoms with Crippen LogP contribution in [0.25, 0.3) is 0 Å². The number of aliphatic carboxylic acids is 1. The monoisotopic (exact) mass is 260 g/mol. The molecule has 0 spiro atoms. The van der Waals surface area contributed by atoms with Crippen LogP contribution in [0, 0.1) is 0 Å². The molecule has 0 aliphatic rings. The van der Waals surface area contributed by atoms with Crippen LogP contribution in [-0.2, 0) is 14.3 Å². The van der Waals surface area contributed by atoms with E-state index in [4.69, 9.17) is 9.84 Å². The Balaban J connectivity index is 4.08. The zero-order valence-electron chi connectivity index (χ0n) is 11.6. The van der Waals surface area contributed by atoms with Crippen molar-refractivity contribution in [3.8, 4) is 0 Å². The van der Waals surface area contributed by atoms with E-state index in [-0.39, 0.29) is 18.0 Å². The number of rotatable bonds is 8. The normalized spacial score (nSPS) is 13.1. The minimum atomic E-state index is -1.02. The van der Waals surface area contributed by atoms with E-state index in [1.54, 1.807) is 7.11 Å². The van der Waals surface area contributed by atoms with Gasteiger partial charge in [-0.15, -0.1) is 0 Å². The molecule has 106 valence electrons. The van der Waals surface area contributed by atoms with Crippen LogP contribution in [-0.4, -0.2) is 48.8 Å². The van der Waals surface area contributed by atoms with Crippen molar-refractivity contribution in [3.05, 3.63) is 0 Å². The number of carbonyl (C=O) groups excluding carboxylic acids is 1. The van der Waals surface area contributed by atoms with Gasteiger partial charge < -0.3 is 20.5 Å². The Kier molecular flexibility index (Phi) is 7.54. The average molecular weight is 260 g/mol. The van der Waals surface area contributed by atoms with Gasteiger partial charge in [-0.1, -0.05) is 0 Å². The maximum absolute atomic E-state index is 11.6. The minimum absolute atomic E-state index is 0.109. The number of carbonyl (C=O) groups is 2. The third-order valence-corrected chi connectivity index (χ3v) is 2.25. The van der Waals surface area contributed by atoms with Gasteiger partial charge in [0.2, 0.25) is 5.91 Å². The molecule has 1 unspecified atom stereocenters. The largest absolute Gasteiger partial charge is 0.480 e. The Morgan fingerprint density at radius 3 is 2.39 bits per heavy atom. The van der Waals surface area contributed by atoms with E-state index in [1.807, 2.05) is 20.8 Å². The summed E-state index contributed by atoms with van der Waals surface area (Å²) < 4.78 is 4.85. The Bertz CT molecular complexity index is 274. The molecule has 0 heterocycles. The maximum Gasteiger partial charge on any atom is 0.326 e. The Labute approximate surface area is 108 Å². The van der Waals surface area contributed by atoms with Gasteiger partial charge >= 0.3 is 5.97 Å². The highest BCUT2D eigenvalue weighted by molar-refractivity contribution is 5.84. The van der Waals surface area contributed by atoms with Gasteiger partial charge in [0.1, 0.15) is 6.04 Å². The second-order valence-corrected chi connectivity index (χ2v) is 5.20. The van der Waals surface area contributed by atoms with Crippen molar-refractivity contribution in [2.45, 2.75) is 45.2 Å². The van der Waals surface area contributed by atoms with E-state index in [9.17, 15) is 9.59 Å². The van der Waals surface area contributed by atoms with Crippen molar-refractivity contribution in [3.63, 3.8) is 0 Å². The van der Waals surface area contributed by atoms with Crippen molar-refractivity contribution in [1.82, 2.24) is 10.6 Å². The highest BCUT2D eigenvalue weighted by Gasteiger charge is 2.20. The van der Waals surface area contributed by atoms with Gasteiger partial charge in [0, 0.05) is 19.3 Å². The molecule has 6 heteroatoms. The molecule has 18 heavy (non-hydrogen) atoms. The van der Waals surface area contributed by atoms with Crippen LogP contribution in [0.15, 0.2) is 0 Å². The summed E-state index contributed by atoms with van der Waals surface area (Å²) in [6.07, 6.45) is 0.963. The van der Waals surface area contributed by atoms with Gasteiger partial charge in [-0.2, -0.15) is 0 Å². The van der Waals surface area contributed by atoms with Crippen molar-refractivity contribution in [2.75, 3.05) is 20.3 Å². The molecule has 0 rings (SSSR count). The highest BCUT2D eigenvalue weighted by Crippen LogP contribution is 1.99. The van der Waals surface area contributed by atoms with E-state index < -0.39 is 12.0 Å². The smallest absolute Gasteiger partial charge is 0.326 e. The molecule has 0 saturated carbocycles. The van der Waals surface area contributed by atoms with Crippen molar-refractivity contribution in [1.29, 1.82) is 0 Å². The SMILES string of the molecule is COCCCC(NC(=O)CNC(C)(C)C)C(=O)O. The lowest BCUT2D eigenvalue weighted by atomic mass is 10.1. The molecule has 0 aromatic carbocycles. The first kappa shape index (κ1) is 16.9. The molecule has 0 aliphatic heterocycles. The van der Waals surface area contributed by atoms with Crippen LogP contribution >= 0.6 is 0 Å². The van der Waals surface area contributed by atoms with E-state index in [0.29, 0.717) is 19.4 Å². The summed E-state index contributed by atoms with van der Waals surface area (Å²) in [6.45, 7) is 6.41. The summed E-state index contributed by atoms with van der Waals surface area (Å²) in [6, 6.07) is -0.852. The van der Waals surface area contributed by atoms with E-state index >= 15 is 0 Å². The van der Waals surface area contributed by atoms with Gasteiger partial charge in [0.15, 0.2) is 0 Å². The summed E-state index contributed by atoms with van der Waals surface area (Å²) in [5.41, 5.74) is -0.174. The van der Waals surface area contributed by atoms with Crippen molar-refractivity contribution < 1.29 is 19.4 Å². The molecule has 6 nitrogen and oxygen atoms in total. The minimum Gasteiger partial charge on any atom is -0.480 e.